The largest absolute Gasteiger partial charge is 0.115 e. The molecule has 0 amide bonds. The first-order chi connectivity index (χ1) is 12.8. The van der Waals surface area contributed by atoms with Gasteiger partial charge in [-0.05, 0) is 46.8 Å². The molecule has 0 spiro atoms. The Kier molecular flexibility index (Phi) is 7.84. The van der Waals surface area contributed by atoms with Crippen LogP contribution >= 0.6 is 47.0 Å². The fourth-order valence-corrected chi connectivity index (χ4v) is 6.82. The molecule has 2 aliphatic heterocycles. The van der Waals surface area contributed by atoms with Gasteiger partial charge in [-0.3, -0.25) is 0 Å². The summed E-state index contributed by atoms with van der Waals surface area (Å²) in [5, 5.41) is 6.39. The molecule has 0 unspecified atom stereocenters. The van der Waals surface area contributed by atoms with Crippen LogP contribution in [0.4, 0.5) is 0 Å². The summed E-state index contributed by atoms with van der Waals surface area (Å²) in [6, 6.07) is 6.38. The number of benzene rings is 1. The maximum Gasteiger partial charge on any atom is 0.0707 e. The lowest BCUT2D eigenvalue weighted by Crippen LogP contribution is -1.90. The number of unbranched alkanes of at least 4 members (excludes halogenated alkanes) is 3. The monoisotopic (exact) mass is 412 g/mol. The fraction of sp³-hybridized carbons (Fsp3) is 0.273. The first kappa shape index (κ1) is 19.7. The van der Waals surface area contributed by atoms with Crippen LogP contribution in [0.1, 0.15) is 49.3 Å². The molecule has 3 rings (SSSR count). The van der Waals surface area contributed by atoms with Gasteiger partial charge in [-0.2, -0.15) is 0 Å². The molecule has 0 radical (unpaired) electrons. The lowest BCUT2D eigenvalue weighted by molar-refractivity contribution is 0.667. The van der Waals surface area contributed by atoms with Gasteiger partial charge in [0.15, 0.2) is 0 Å². The van der Waals surface area contributed by atoms with E-state index in [9.17, 15) is 0 Å². The second-order valence-corrected chi connectivity index (χ2v) is 10.2. The maximum absolute atomic E-state index is 5.72. The molecular weight excluding hydrogens is 393 g/mol. The van der Waals surface area contributed by atoms with Crippen LogP contribution in [0, 0.1) is 24.2 Å². The van der Waals surface area contributed by atoms with Gasteiger partial charge in [-0.1, -0.05) is 97.1 Å². The number of hydrogen-bond donors (Lipinski definition) is 0. The molecule has 1 aromatic carbocycles. The highest BCUT2D eigenvalue weighted by atomic mass is 32.2. The molecule has 0 N–H and O–H groups in total. The molecular formula is C22H20S4. The zero-order chi connectivity index (χ0) is 18.2. The molecule has 2 aliphatic rings. The molecule has 0 aliphatic carbocycles. The molecule has 0 fully saturated rings. The predicted octanol–water partition coefficient (Wildman–Crippen LogP) is 7.54. The van der Waals surface area contributed by atoms with Gasteiger partial charge >= 0.3 is 0 Å². The van der Waals surface area contributed by atoms with E-state index < -0.39 is 0 Å². The highest BCUT2D eigenvalue weighted by Crippen LogP contribution is 2.52. The number of allylic oxidation sites excluding steroid dienone is 1. The van der Waals surface area contributed by atoms with Gasteiger partial charge in [0.1, 0.15) is 0 Å². The summed E-state index contributed by atoms with van der Waals surface area (Å²) in [4.78, 5) is 1.09. The Balaban J connectivity index is 1.64. The minimum atomic E-state index is 0.909. The van der Waals surface area contributed by atoms with Crippen LogP contribution in [0.25, 0.3) is 0 Å². The Morgan fingerprint density at radius 3 is 2.54 bits per heavy atom. The van der Waals surface area contributed by atoms with E-state index in [1.165, 1.54) is 39.7 Å². The molecule has 0 aromatic heterocycles. The van der Waals surface area contributed by atoms with Crippen molar-refractivity contribution in [3.8, 4) is 24.2 Å². The third-order valence-corrected chi connectivity index (χ3v) is 8.86. The maximum atomic E-state index is 5.72. The lowest BCUT2D eigenvalue weighted by Gasteiger charge is -2.04. The summed E-state index contributed by atoms with van der Waals surface area (Å²) in [7, 11) is 0. The van der Waals surface area contributed by atoms with Crippen LogP contribution < -0.4 is 0 Å². The smallest absolute Gasteiger partial charge is 0.0707 e. The van der Waals surface area contributed by atoms with Crippen LogP contribution in [0.3, 0.4) is 0 Å². The summed E-state index contributed by atoms with van der Waals surface area (Å²) < 4.78 is 2.68. The van der Waals surface area contributed by atoms with Gasteiger partial charge in [0, 0.05) is 11.1 Å². The van der Waals surface area contributed by atoms with E-state index in [2.05, 4.69) is 59.1 Å². The van der Waals surface area contributed by atoms with Crippen molar-refractivity contribution in [1.29, 1.82) is 0 Å². The SMILES string of the molecule is C#Cc1cc(CCCCCC)ccc1C#CC1=CSC(=C2SC=CS2)S1. The number of terminal acetylenes is 1. The average Bonchev–Trinajstić information content (AvgIpc) is 3.35. The molecule has 2 heterocycles. The van der Waals surface area contributed by atoms with Gasteiger partial charge in [-0.25, -0.2) is 0 Å². The average molecular weight is 413 g/mol. The van der Waals surface area contributed by atoms with Crippen molar-refractivity contribution < 1.29 is 0 Å². The van der Waals surface area contributed by atoms with Crippen molar-refractivity contribution >= 4 is 47.0 Å². The molecule has 0 saturated carbocycles. The van der Waals surface area contributed by atoms with Crippen molar-refractivity contribution in [1.82, 2.24) is 0 Å². The number of hydrogen-bond acceptors (Lipinski definition) is 4. The van der Waals surface area contributed by atoms with Crippen molar-refractivity contribution in [2.75, 3.05) is 0 Å². The van der Waals surface area contributed by atoms with E-state index in [0.717, 1.165) is 22.5 Å². The van der Waals surface area contributed by atoms with Crippen molar-refractivity contribution in [2.24, 2.45) is 0 Å². The van der Waals surface area contributed by atoms with E-state index in [1.807, 2.05) is 0 Å². The van der Waals surface area contributed by atoms with Crippen molar-refractivity contribution in [2.45, 2.75) is 39.0 Å². The van der Waals surface area contributed by atoms with Crippen LogP contribution in [0.15, 0.2) is 47.8 Å². The second-order valence-electron chi connectivity index (χ2n) is 5.87. The van der Waals surface area contributed by atoms with E-state index >= 15 is 0 Å². The van der Waals surface area contributed by atoms with E-state index in [0.29, 0.717) is 0 Å². The molecule has 0 saturated heterocycles. The fourth-order valence-electron chi connectivity index (χ4n) is 2.56. The van der Waals surface area contributed by atoms with Gasteiger partial charge in [0.25, 0.3) is 0 Å². The third kappa shape index (κ3) is 5.48. The van der Waals surface area contributed by atoms with Gasteiger partial charge in [0.05, 0.1) is 13.4 Å². The first-order valence-corrected chi connectivity index (χ1v) is 12.1. The van der Waals surface area contributed by atoms with Crippen molar-refractivity contribution in [3.63, 3.8) is 0 Å². The lowest BCUT2D eigenvalue weighted by atomic mass is 10.0. The van der Waals surface area contributed by atoms with Crippen LogP contribution in [0.5, 0.6) is 0 Å². The third-order valence-electron chi connectivity index (χ3n) is 3.93. The Bertz CT molecular complexity index is 846. The summed E-state index contributed by atoms with van der Waals surface area (Å²) in [6.45, 7) is 2.24. The zero-order valence-electron chi connectivity index (χ0n) is 14.7. The van der Waals surface area contributed by atoms with Crippen molar-refractivity contribution in [3.05, 3.63) is 64.5 Å². The minimum absolute atomic E-state index is 0.909. The molecule has 0 bridgehead atoms. The molecule has 132 valence electrons. The van der Waals surface area contributed by atoms with E-state index in [1.54, 1.807) is 47.0 Å². The Labute approximate surface area is 174 Å². The first-order valence-electron chi connectivity index (χ1n) is 8.69. The highest BCUT2D eigenvalue weighted by Gasteiger charge is 2.17. The molecule has 1 aromatic rings. The Hall–Kier alpha value is -1.04. The van der Waals surface area contributed by atoms with E-state index in [4.69, 9.17) is 6.42 Å². The summed E-state index contributed by atoms with van der Waals surface area (Å²) >= 11 is 7.09. The number of rotatable bonds is 5. The topological polar surface area (TPSA) is 0 Å². The zero-order valence-corrected chi connectivity index (χ0v) is 18.0. The second kappa shape index (κ2) is 10.3. The van der Waals surface area contributed by atoms with Gasteiger partial charge < -0.3 is 0 Å². The highest BCUT2D eigenvalue weighted by molar-refractivity contribution is 8.33. The Morgan fingerprint density at radius 2 is 1.77 bits per heavy atom. The summed E-state index contributed by atoms with van der Waals surface area (Å²) in [5.74, 6) is 9.37. The minimum Gasteiger partial charge on any atom is -0.115 e. The molecule has 4 heteroatoms. The normalized spacial score (nSPS) is 15.6. The van der Waals surface area contributed by atoms with E-state index in [-0.39, 0.29) is 0 Å². The van der Waals surface area contributed by atoms with Crippen LogP contribution in [0.2, 0.25) is 0 Å². The van der Waals surface area contributed by atoms with Gasteiger partial charge in [-0.15, -0.1) is 6.42 Å². The number of thioether (sulfide) groups is 4. The summed E-state index contributed by atoms with van der Waals surface area (Å²) in [5.41, 5.74) is 3.18. The predicted molar refractivity (Wildman–Crippen MR) is 124 cm³/mol. The van der Waals surface area contributed by atoms with Crippen LogP contribution in [-0.4, -0.2) is 0 Å². The molecule has 0 nitrogen and oxygen atoms in total. The molecule has 0 atom stereocenters. The van der Waals surface area contributed by atoms with Crippen LogP contribution in [-0.2, 0) is 6.42 Å². The summed E-state index contributed by atoms with van der Waals surface area (Å²) in [6.07, 6.45) is 11.9. The number of aryl methyl sites for hydroxylation is 1. The Morgan fingerprint density at radius 1 is 0.923 bits per heavy atom. The van der Waals surface area contributed by atoms with Gasteiger partial charge in [0.2, 0.25) is 0 Å². The quantitative estimate of drug-likeness (QED) is 0.361. The standard InChI is InChI=1S/C22H20S4/c1-3-5-6-7-8-17-9-10-19(18(4-2)15-17)11-12-20-16-25-22(26-20)21-23-13-14-24-21/h2,9-10,13-16H,3,5-8H2,1H3. The molecule has 26 heavy (non-hydrogen) atoms.